The first-order valence-electron chi connectivity index (χ1n) is 12.1. The Kier molecular flexibility index (Phi) is 8.30. The van der Waals surface area contributed by atoms with Gasteiger partial charge in [0.15, 0.2) is 0 Å². The second-order valence-corrected chi connectivity index (χ2v) is 8.49. The third-order valence-electron chi connectivity index (χ3n) is 6.10. The maximum Gasteiger partial charge on any atom is 0.416 e. The predicted molar refractivity (Wildman–Crippen MR) is 140 cm³/mol. The number of hydrogen-bond donors (Lipinski definition) is 1. The molecule has 1 atom stereocenters. The summed E-state index contributed by atoms with van der Waals surface area (Å²) in [6.07, 6.45) is 1.55. The van der Waals surface area contributed by atoms with Crippen molar-refractivity contribution >= 4 is 23.0 Å². The number of rotatable bonds is 11. The van der Waals surface area contributed by atoms with Crippen LogP contribution in [0, 0.1) is 0 Å². The molecule has 0 saturated heterocycles. The Morgan fingerprint density at radius 3 is 2.27 bits per heavy atom. The molecule has 0 aliphatic carbocycles. The number of carbonyl (C=O) groups excluding carboxylic acids is 1. The molecule has 0 bridgehead atoms. The highest BCUT2D eigenvalue weighted by atomic mass is 16.6. The number of fused-ring (bicyclic) bond motifs is 1. The van der Waals surface area contributed by atoms with E-state index in [4.69, 9.17) is 14.2 Å². The third-order valence-corrected chi connectivity index (χ3v) is 6.10. The summed E-state index contributed by atoms with van der Waals surface area (Å²) >= 11 is 0. The van der Waals surface area contributed by atoms with Gasteiger partial charge >= 0.3 is 12.1 Å². The molecular weight excluding hydrogens is 472 g/mol. The van der Waals surface area contributed by atoms with Crippen molar-refractivity contribution in [2.75, 3.05) is 13.7 Å². The van der Waals surface area contributed by atoms with Crippen LogP contribution < -0.4 is 14.2 Å². The van der Waals surface area contributed by atoms with E-state index in [1.807, 2.05) is 42.6 Å². The SMILES string of the molecule is CCC(C(=O)O)N(Cc1ccc(OCCn2ccc3ccccc32)cc1)C(=O)Oc1ccc(OC)cc1. The lowest BCUT2D eigenvalue weighted by Crippen LogP contribution is -2.45. The van der Waals surface area contributed by atoms with Crippen LogP contribution in [0.4, 0.5) is 4.79 Å². The van der Waals surface area contributed by atoms with Crippen LogP contribution in [0.2, 0.25) is 0 Å². The van der Waals surface area contributed by atoms with E-state index in [1.165, 1.54) is 10.3 Å². The standard InChI is InChI=1S/C29H30N2O6/c1-3-26(28(32)33)31(29(34)37-25-14-12-23(35-2)13-15-25)20-21-8-10-24(11-9-21)36-19-18-30-17-16-22-6-4-5-7-27(22)30/h4-17,26H,3,18-20H2,1-2H3,(H,32,33). The monoisotopic (exact) mass is 502 g/mol. The summed E-state index contributed by atoms with van der Waals surface area (Å²) in [5, 5.41) is 10.9. The van der Waals surface area contributed by atoms with Gasteiger partial charge in [-0.1, -0.05) is 37.3 Å². The molecule has 1 amide bonds. The molecule has 192 valence electrons. The van der Waals surface area contributed by atoms with Gasteiger partial charge in [0.05, 0.1) is 13.7 Å². The minimum Gasteiger partial charge on any atom is -0.497 e. The molecular formula is C29H30N2O6. The number of aromatic nitrogens is 1. The Hall–Kier alpha value is -4.46. The van der Waals surface area contributed by atoms with Gasteiger partial charge < -0.3 is 23.9 Å². The Bertz CT molecular complexity index is 1330. The minimum absolute atomic E-state index is 0.0788. The van der Waals surface area contributed by atoms with Gasteiger partial charge in [-0.2, -0.15) is 0 Å². The van der Waals surface area contributed by atoms with E-state index in [1.54, 1.807) is 38.3 Å². The second-order valence-electron chi connectivity index (χ2n) is 8.49. The predicted octanol–water partition coefficient (Wildman–Crippen LogP) is 5.59. The molecule has 3 aromatic carbocycles. The van der Waals surface area contributed by atoms with E-state index in [2.05, 4.69) is 22.8 Å². The first-order chi connectivity index (χ1) is 18.0. The highest BCUT2D eigenvalue weighted by Gasteiger charge is 2.30. The normalized spacial score (nSPS) is 11.6. The van der Waals surface area contributed by atoms with E-state index >= 15 is 0 Å². The average Bonchev–Trinajstić information content (AvgIpc) is 3.32. The largest absolute Gasteiger partial charge is 0.497 e. The molecule has 0 fully saturated rings. The summed E-state index contributed by atoms with van der Waals surface area (Å²) < 4.78 is 18.6. The van der Waals surface area contributed by atoms with Crippen LogP contribution in [-0.4, -0.2) is 46.4 Å². The lowest BCUT2D eigenvalue weighted by Gasteiger charge is -2.27. The number of hydrogen-bond acceptors (Lipinski definition) is 5. The summed E-state index contributed by atoms with van der Waals surface area (Å²) in [6.45, 7) is 3.00. The number of ether oxygens (including phenoxy) is 3. The molecule has 4 rings (SSSR count). The topological polar surface area (TPSA) is 90.2 Å². The number of amides is 1. The van der Waals surface area contributed by atoms with Gasteiger partial charge in [-0.25, -0.2) is 9.59 Å². The smallest absolute Gasteiger partial charge is 0.416 e. The van der Waals surface area contributed by atoms with Gasteiger partial charge in [-0.05, 0) is 65.9 Å². The number of carboxylic acids is 1. The Morgan fingerprint density at radius 1 is 0.919 bits per heavy atom. The zero-order valence-electron chi connectivity index (χ0n) is 20.9. The van der Waals surface area contributed by atoms with Crippen molar-refractivity contribution < 1.29 is 28.9 Å². The third kappa shape index (κ3) is 6.41. The molecule has 0 saturated carbocycles. The fourth-order valence-electron chi connectivity index (χ4n) is 4.12. The molecule has 8 heteroatoms. The lowest BCUT2D eigenvalue weighted by molar-refractivity contribution is -0.142. The van der Waals surface area contributed by atoms with Crippen molar-refractivity contribution in [3.63, 3.8) is 0 Å². The van der Waals surface area contributed by atoms with Crippen LogP contribution in [0.3, 0.4) is 0 Å². The second kappa shape index (κ2) is 12.0. The number of carboxylic acid groups (broad SMARTS) is 1. The number of aliphatic carboxylic acids is 1. The van der Waals surface area contributed by atoms with Crippen molar-refractivity contribution in [1.29, 1.82) is 0 Å². The zero-order valence-corrected chi connectivity index (χ0v) is 20.9. The first kappa shape index (κ1) is 25.6. The van der Waals surface area contributed by atoms with Crippen molar-refractivity contribution in [1.82, 2.24) is 9.47 Å². The van der Waals surface area contributed by atoms with Gasteiger partial charge in [-0.3, -0.25) is 4.90 Å². The molecule has 0 aliphatic rings. The molecule has 1 N–H and O–H groups in total. The molecule has 0 spiro atoms. The molecule has 0 aliphatic heterocycles. The fraction of sp³-hybridized carbons (Fsp3) is 0.241. The molecule has 4 aromatic rings. The molecule has 1 heterocycles. The maximum atomic E-state index is 13.0. The van der Waals surface area contributed by atoms with E-state index in [9.17, 15) is 14.7 Å². The van der Waals surface area contributed by atoms with Crippen LogP contribution >= 0.6 is 0 Å². The molecule has 1 unspecified atom stereocenters. The van der Waals surface area contributed by atoms with Crippen molar-refractivity contribution in [2.24, 2.45) is 0 Å². The Morgan fingerprint density at radius 2 is 1.59 bits per heavy atom. The van der Waals surface area contributed by atoms with Crippen LogP contribution in [0.25, 0.3) is 10.9 Å². The molecule has 1 aromatic heterocycles. The number of methoxy groups -OCH3 is 1. The van der Waals surface area contributed by atoms with E-state index in [0.717, 1.165) is 11.1 Å². The lowest BCUT2D eigenvalue weighted by atomic mass is 10.1. The summed E-state index contributed by atoms with van der Waals surface area (Å²) in [4.78, 5) is 26.1. The van der Waals surface area contributed by atoms with Crippen LogP contribution in [0.15, 0.2) is 85.1 Å². The van der Waals surface area contributed by atoms with Gasteiger partial charge in [0.1, 0.15) is 29.9 Å². The van der Waals surface area contributed by atoms with E-state index in [0.29, 0.717) is 30.4 Å². The van der Waals surface area contributed by atoms with Gasteiger partial charge in [0, 0.05) is 18.3 Å². The van der Waals surface area contributed by atoms with Crippen LogP contribution in [0.1, 0.15) is 18.9 Å². The molecule has 37 heavy (non-hydrogen) atoms. The average molecular weight is 503 g/mol. The highest BCUT2D eigenvalue weighted by Crippen LogP contribution is 2.21. The van der Waals surface area contributed by atoms with Crippen LogP contribution in [0.5, 0.6) is 17.2 Å². The van der Waals surface area contributed by atoms with Crippen LogP contribution in [-0.2, 0) is 17.9 Å². The van der Waals surface area contributed by atoms with Crippen molar-refractivity contribution in [3.05, 3.63) is 90.6 Å². The highest BCUT2D eigenvalue weighted by molar-refractivity contribution is 5.81. The number of carbonyl (C=O) groups is 2. The molecule has 8 nitrogen and oxygen atoms in total. The minimum atomic E-state index is -1.09. The van der Waals surface area contributed by atoms with Crippen molar-refractivity contribution in [2.45, 2.75) is 32.5 Å². The summed E-state index contributed by atoms with van der Waals surface area (Å²) in [5.41, 5.74) is 1.92. The van der Waals surface area contributed by atoms with Gasteiger partial charge in [0.25, 0.3) is 0 Å². The van der Waals surface area contributed by atoms with E-state index in [-0.39, 0.29) is 13.0 Å². The Balaban J connectivity index is 1.39. The van der Waals surface area contributed by atoms with Gasteiger partial charge in [0.2, 0.25) is 0 Å². The number of para-hydroxylation sites is 1. The maximum absolute atomic E-state index is 13.0. The first-order valence-corrected chi connectivity index (χ1v) is 12.1. The zero-order chi connectivity index (χ0) is 26.2. The fourth-order valence-corrected chi connectivity index (χ4v) is 4.12. The summed E-state index contributed by atoms with van der Waals surface area (Å²) in [6, 6.07) is 23.0. The van der Waals surface area contributed by atoms with E-state index < -0.39 is 18.1 Å². The van der Waals surface area contributed by atoms with Gasteiger partial charge in [-0.15, -0.1) is 0 Å². The molecule has 0 radical (unpaired) electrons. The quantitative estimate of drug-likeness (QED) is 0.287. The summed E-state index contributed by atoms with van der Waals surface area (Å²) in [7, 11) is 1.54. The number of benzene rings is 3. The Labute approximate surface area is 215 Å². The summed E-state index contributed by atoms with van der Waals surface area (Å²) in [5.74, 6) is 0.525. The van der Waals surface area contributed by atoms with Crippen molar-refractivity contribution in [3.8, 4) is 17.2 Å². The number of nitrogens with zero attached hydrogens (tertiary/aromatic N) is 2.